The van der Waals surface area contributed by atoms with Gasteiger partial charge in [-0.25, -0.2) is 0 Å². The molecule has 0 aliphatic heterocycles. The molecule has 128 valence electrons. The molecule has 0 aromatic heterocycles. The Hall–Kier alpha value is -0.823. The highest BCUT2D eigenvalue weighted by molar-refractivity contribution is 6.91. The molecule has 1 aromatic carbocycles. The van der Waals surface area contributed by atoms with Gasteiger partial charge in [0.15, 0.2) is 0 Å². The molecular weight excluding hydrogens is 292 g/mol. The van der Waals surface area contributed by atoms with Crippen molar-refractivity contribution in [3.63, 3.8) is 0 Å². The van der Waals surface area contributed by atoms with Crippen LogP contribution in [0.1, 0.15) is 64.7 Å². The van der Waals surface area contributed by atoms with E-state index in [1.54, 1.807) is 5.19 Å². The largest absolute Gasteiger partial charge is 0.0885 e. The summed E-state index contributed by atoms with van der Waals surface area (Å²) < 4.78 is 0. The van der Waals surface area contributed by atoms with Gasteiger partial charge < -0.3 is 0 Å². The van der Waals surface area contributed by atoms with E-state index in [0.717, 1.165) is 11.5 Å². The standard InChI is InChI=1S/C22H36Si/c1-4-5-6-7-14-19-22(20-15-10-8-11-16-20)23(2,3)21-17-12-9-13-18-21/h9,12-14,17-20,22H,4-8,10-11,15-16H2,1-3H3/b19-14+/t22-/m0/s1. The first-order valence-electron chi connectivity index (χ1n) is 9.88. The van der Waals surface area contributed by atoms with Gasteiger partial charge in [0, 0.05) is 0 Å². The minimum absolute atomic E-state index is 0.812. The summed E-state index contributed by atoms with van der Waals surface area (Å²) in [6, 6.07) is 11.4. The molecule has 1 atom stereocenters. The fraction of sp³-hybridized carbons (Fsp3) is 0.636. The third-order valence-corrected chi connectivity index (χ3v) is 9.98. The molecule has 0 bridgehead atoms. The van der Waals surface area contributed by atoms with E-state index >= 15 is 0 Å². The highest BCUT2D eigenvalue weighted by Gasteiger charge is 2.37. The predicted molar refractivity (Wildman–Crippen MR) is 107 cm³/mol. The Morgan fingerprint density at radius 2 is 1.74 bits per heavy atom. The number of hydrogen-bond acceptors (Lipinski definition) is 0. The minimum atomic E-state index is -1.45. The van der Waals surface area contributed by atoms with Gasteiger partial charge in [-0.2, -0.15) is 0 Å². The zero-order valence-electron chi connectivity index (χ0n) is 15.6. The predicted octanol–water partition coefficient (Wildman–Crippen LogP) is 6.69. The van der Waals surface area contributed by atoms with E-state index in [0.29, 0.717) is 0 Å². The van der Waals surface area contributed by atoms with E-state index < -0.39 is 8.07 Å². The first kappa shape index (κ1) is 18.5. The molecule has 0 saturated heterocycles. The van der Waals surface area contributed by atoms with Crippen molar-refractivity contribution in [1.82, 2.24) is 0 Å². The Morgan fingerprint density at radius 1 is 1.04 bits per heavy atom. The Labute approximate surface area is 145 Å². The van der Waals surface area contributed by atoms with E-state index in [-0.39, 0.29) is 0 Å². The van der Waals surface area contributed by atoms with Crippen molar-refractivity contribution in [1.29, 1.82) is 0 Å². The molecule has 23 heavy (non-hydrogen) atoms. The molecule has 1 fully saturated rings. The molecule has 0 heterocycles. The van der Waals surface area contributed by atoms with Gasteiger partial charge in [0.2, 0.25) is 0 Å². The zero-order chi connectivity index (χ0) is 16.5. The summed E-state index contributed by atoms with van der Waals surface area (Å²) in [4.78, 5) is 0. The number of benzene rings is 1. The minimum Gasteiger partial charge on any atom is -0.0885 e. The maximum absolute atomic E-state index is 2.64. The summed E-state index contributed by atoms with van der Waals surface area (Å²) in [5.74, 6) is 0.924. The summed E-state index contributed by atoms with van der Waals surface area (Å²) in [5, 5.41) is 1.63. The Kier molecular flexibility index (Phi) is 7.62. The molecule has 1 aliphatic rings. The van der Waals surface area contributed by atoms with Crippen molar-refractivity contribution in [2.24, 2.45) is 5.92 Å². The van der Waals surface area contributed by atoms with Crippen LogP contribution in [0.4, 0.5) is 0 Å². The first-order valence-corrected chi connectivity index (χ1v) is 13.0. The number of rotatable bonds is 8. The summed E-state index contributed by atoms with van der Waals surface area (Å²) in [5.41, 5.74) is 0.812. The lowest BCUT2D eigenvalue weighted by Gasteiger charge is -2.39. The molecule has 0 N–H and O–H groups in total. The van der Waals surface area contributed by atoms with Crippen LogP contribution in [0.3, 0.4) is 0 Å². The van der Waals surface area contributed by atoms with Gasteiger partial charge in [-0.3, -0.25) is 0 Å². The van der Waals surface area contributed by atoms with E-state index in [2.05, 4.69) is 62.5 Å². The second-order valence-electron chi connectivity index (χ2n) is 7.94. The van der Waals surface area contributed by atoms with Gasteiger partial charge in [-0.15, -0.1) is 0 Å². The van der Waals surface area contributed by atoms with Gasteiger partial charge in [-0.1, -0.05) is 113 Å². The average molecular weight is 329 g/mol. The second kappa shape index (κ2) is 9.47. The Bertz CT molecular complexity index is 454. The molecule has 0 nitrogen and oxygen atoms in total. The topological polar surface area (TPSA) is 0 Å². The van der Waals surface area contributed by atoms with Gasteiger partial charge >= 0.3 is 0 Å². The molecule has 0 radical (unpaired) electrons. The molecule has 2 rings (SSSR count). The average Bonchev–Trinajstić information content (AvgIpc) is 2.59. The SMILES string of the molecule is CCCCC/C=C/[C@@H](C1CCCCC1)[Si](C)(C)c1ccccc1. The lowest BCUT2D eigenvalue weighted by molar-refractivity contribution is 0.357. The molecule has 1 aromatic rings. The molecule has 1 heteroatoms. The van der Waals surface area contributed by atoms with Crippen LogP contribution in [-0.4, -0.2) is 8.07 Å². The van der Waals surface area contributed by atoms with Gasteiger partial charge in [0.1, 0.15) is 0 Å². The maximum atomic E-state index is 2.64. The zero-order valence-corrected chi connectivity index (χ0v) is 16.6. The van der Waals surface area contributed by atoms with Crippen molar-refractivity contribution >= 4 is 13.3 Å². The van der Waals surface area contributed by atoms with Crippen molar-refractivity contribution in [3.8, 4) is 0 Å². The molecule has 0 amide bonds. The van der Waals surface area contributed by atoms with Crippen LogP contribution in [-0.2, 0) is 0 Å². The van der Waals surface area contributed by atoms with E-state index in [9.17, 15) is 0 Å². The van der Waals surface area contributed by atoms with Crippen molar-refractivity contribution in [3.05, 3.63) is 42.5 Å². The maximum Gasteiger partial charge on any atom is 0.0876 e. The number of allylic oxidation sites excluding steroid dienone is 2. The lowest BCUT2D eigenvalue weighted by Crippen LogP contribution is -2.48. The third-order valence-electron chi connectivity index (χ3n) is 5.83. The van der Waals surface area contributed by atoms with Crippen molar-refractivity contribution in [2.75, 3.05) is 0 Å². The fourth-order valence-electron chi connectivity index (χ4n) is 4.30. The van der Waals surface area contributed by atoms with E-state index in [4.69, 9.17) is 0 Å². The van der Waals surface area contributed by atoms with Crippen LogP contribution in [0.5, 0.6) is 0 Å². The molecule has 0 unspecified atom stereocenters. The summed E-state index contributed by atoms with van der Waals surface area (Å²) >= 11 is 0. The van der Waals surface area contributed by atoms with Crippen molar-refractivity contribution < 1.29 is 0 Å². The lowest BCUT2D eigenvalue weighted by atomic mass is 9.86. The summed E-state index contributed by atoms with van der Waals surface area (Å²) in [7, 11) is -1.45. The fourth-order valence-corrected chi connectivity index (χ4v) is 7.86. The normalized spacial score (nSPS) is 18.4. The smallest absolute Gasteiger partial charge is 0.0876 e. The highest BCUT2D eigenvalue weighted by Crippen LogP contribution is 2.40. The van der Waals surface area contributed by atoms with Gasteiger partial charge in [0.05, 0.1) is 8.07 Å². The van der Waals surface area contributed by atoms with E-state index in [1.165, 1.54) is 57.8 Å². The van der Waals surface area contributed by atoms with Crippen molar-refractivity contribution in [2.45, 2.75) is 83.3 Å². The quantitative estimate of drug-likeness (QED) is 0.283. The van der Waals surface area contributed by atoms with Crippen LogP contribution < -0.4 is 5.19 Å². The molecule has 1 saturated carbocycles. The van der Waals surface area contributed by atoms with Crippen LogP contribution in [0, 0.1) is 5.92 Å². The first-order chi connectivity index (χ1) is 11.2. The Balaban J connectivity index is 2.14. The van der Waals surface area contributed by atoms with Crippen LogP contribution in [0.25, 0.3) is 0 Å². The van der Waals surface area contributed by atoms with E-state index in [1.807, 2.05) is 0 Å². The molecule has 1 aliphatic carbocycles. The summed E-state index contributed by atoms with van der Waals surface area (Å²) in [6.45, 7) is 7.48. The monoisotopic (exact) mass is 328 g/mol. The highest BCUT2D eigenvalue weighted by atomic mass is 28.3. The van der Waals surface area contributed by atoms with Gasteiger partial charge in [-0.05, 0) is 24.3 Å². The van der Waals surface area contributed by atoms with Crippen LogP contribution >= 0.6 is 0 Å². The van der Waals surface area contributed by atoms with Gasteiger partial charge in [0.25, 0.3) is 0 Å². The number of unbranched alkanes of at least 4 members (excludes halogenated alkanes) is 3. The molecule has 0 spiro atoms. The van der Waals surface area contributed by atoms with Crippen LogP contribution in [0.15, 0.2) is 42.5 Å². The Morgan fingerprint density at radius 3 is 2.39 bits per heavy atom. The molecular formula is C22H36Si. The second-order valence-corrected chi connectivity index (χ2v) is 12.6. The third kappa shape index (κ3) is 5.34. The van der Waals surface area contributed by atoms with Crippen LogP contribution in [0.2, 0.25) is 18.6 Å². The number of hydrogen-bond donors (Lipinski definition) is 0. The summed E-state index contributed by atoms with van der Waals surface area (Å²) in [6.07, 6.45) is 17.7.